The van der Waals surface area contributed by atoms with Crippen LogP contribution in [0.1, 0.15) is 33.5 Å². The highest BCUT2D eigenvalue weighted by Gasteiger charge is 2.27. The first-order chi connectivity index (χ1) is 29.6. The van der Waals surface area contributed by atoms with E-state index in [2.05, 4.69) is 42.9 Å². The first-order valence-electron chi connectivity index (χ1n) is 20.4. The molecule has 1 aliphatic carbocycles. The highest BCUT2D eigenvalue weighted by Crippen LogP contribution is 2.37. The largest absolute Gasteiger partial charge is 0.456 e. The lowest BCUT2D eigenvalue weighted by Gasteiger charge is -2.36. The SMILES string of the molecule is O=C(NS(=O)(=O)c1ccc(NCCCN2CCOCC2)c([N+](=O)[O-])c1)c1ccc(N2CCN(Cc3ccccc3-c3ccc(Cl)cc3)CC2)cc1Oc1cccc2c1C=CC2. The van der Waals surface area contributed by atoms with E-state index in [1.165, 1.54) is 23.3 Å². The fourth-order valence-corrected chi connectivity index (χ4v) is 9.10. The molecule has 2 N–H and O–H groups in total. The number of hydrogen-bond donors (Lipinski definition) is 2. The zero-order valence-electron chi connectivity index (χ0n) is 33.6. The number of allylic oxidation sites excluding steroid dienone is 1. The van der Waals surface area contributed by atoms with Crippen molar-refractivity contribution in [2.75, 3.05) is 75.8 Å². The van der Waals surface area contributed by atoms with E-state index in [-0.39, 0.29) is 17.0 Å². The third kappa shape index (κ3) is 10.1. The number of rotatable bonds is 15. The molecule has 0 unspecified atom stereocenters. The Morgan fingerprint density at radius 3 is 2.43 bits per heavy atom. The van der Waals surface area contributed by atoms with Gasteiger partial charge >= 0.3 is 0 Å². The summed E-state index contributed by atoms with van der Waals surface area (Å²) in [6.07, 6.45) is 5.49. The second kappa shape index (κ2) is 18.9. The van der Waals surface area contributed by atoms with Crippen LogP contribution in [0.3, 0.4) is 0 Å². The molecule has 8 rings (SSSR count). The number of fused-ring (bicyclic) bond motifs is 1. The molecule has 1 amide bonds. The first kappa shape index (κ1) is 41.9. The van der Waals surface area contributed by atoms with Gasteiger partial charge in [0.2, 0.25) is 0 Å². The van der Waals surface area contributed by atoms with Crippen LogP contribution in [0, 0.1) is 10.1 Å². The first-order valence-corrected chi connectivity index (χ1v) is 22.3. The minimum atomic E-state index is -4.54. The number of sulfonamides is 1. The topological polar surface area (TPSA) is 147 Å². The summed E-state index contributed by atoms with van der Waals surface area (Å²) in [7, 11) is -4.54. The van der Waals surface area contributed by atoms with Gasteiger partial charge in [-0.25, -0.2) is 13.1 Å². The molecule has 15 heteroatoms. The van der Waals surface area contributed by atoms with Gasteiger partial charge in [0.25, 0.3) is 21.6 Å². The van der Waals surface area contributed by atoms with Crippen LogP contribution in [0.15, 0.2) is 114 Å². The van der Waals surface area contributed by atoms with Gasteiger partial charge in [-0.05, 0) is 84.1 Å². The maximum absolute atomic E-state index is 14.0. The molecule has 3 aliphatic rings. The normalized spacial score (nSPS) is 15.7. The Kier molecular flexibility index (Phi) is 13.0. The number of hydrogen-bond acceptors (Lipinski definition) is 11. The number of piperazine rings is 1. The van der Waals surface area contributed by atoms with Crippen molar-refractivity contribution in [3.63, 3.8) is 0 Å². The molecule has 0 aromatic heterocycles. The molecule has 2 aliphatic heterocycles. The lowest BCUT2D eigenvalue weighted by atomic mass is 9.99. The zero-order chi connectivity index (χ0) is 42.3. The number of benzene rings is 5. The third-order valence-corrected chi connectivity index (χ3v) is 12.9. The van der Waals surface area contributed by atoms with Gasteiger partial charge in [0.05, 0.1) is 28.6 Å². The van der Waals surface area contributed by atoms with E-state index in [9.17, 15) is 23.3 Å². The van der Waals surface area contributed by atoms with Gasteiger partial charge in [0, 0.05) is 80.8 Å². The van der Waals surface area contributed by atoms with Crippen LogP contribution in [0.2, 0.25) is 5.02 Å². The van der Waals surface area contributed by atoms with E-state index in [1.807, 2.05) is 60.7 Å². The summed E-state index contributed by atoms with van der Waals surface area (Å²) in [4.78, 5) is 31.9. The van der Waals surface area contributed by atoms with Crippen LogP contribution in [0.5, 0.6) is 11.5 Å². The van der Waals surface area contributed by atoms with Crippen molar-refractivity contribution in [3.05, 3.63) is 147 Å². The zero-order valence-corrected chi connectivity index (χ0v) is 35.2. The Morgan fingerprint density at radius 1 is 0.852 bits per heavy atom. The van der Waals surface area contributed by atoms with Crippen molar-refractivity contribution in [2.45, 2.75) is 24.3 Å². The summed E-state index contributed by atoms with van der Waals surface area (Å²) in [5.74, 6) is -0.212. The summed E-state index contributed by atoms with van der Waals surface area (Å²) >= 11 is 6.16. The predicted octanol–water partition coefficient (Wildman–Crippen LogP) is 7.85. The van der Waals surface area contributed by atoms with E-state index >= 15 is 0 Å². The number of anilines is 2. The van der Waals surface area contributed by atoms with Crippen molar-refractivity contribution in [3.8, 4) is 22.6 Å². The van der Waals surface area contributed by atoms with Gasteiger partial charge in [0.1, 0.15) is 17.2 Å². The number of nitro groups is 1. The molecule has 0 spiro atoms. The quantitative estimate of drug-likeness (QED) is 0.0603. The third-order valence-electron chi connectivity index (χ3n) is 11.3. The summed E-state index contributed by atoms with van der Waals surface area (Å²) < 4.78 is 41.4. The van der Waals surface area contributed by atoms with Crippen molar-refractivity contribution >= 4 is 50.7 Å². The number of morpholine rings is 1. The van der Waals surface area contributed by atoms with Gasteiger partial charge in [-0.1, -0.05) is 72.3 Å². The number of carbonyl (C=O) groups is 1. The number of nitrogens with zero attached hydrogens (tertiary/aromatic N) is 4. The molecule has 5 aromatic rings. The summed E-state index contributed by atoms with van der Waals surface area (Å²) in [5.41, 5.74) is 6.07. The molecule has 0 saturated carbocycles. The molecule has 316 valence electrons. The fraction of sp³-hybridized carbons (Fsp3) is 0.283. The van der Waals surface area contributed by atoms with Crippen LogP contribution < -0.4 is 19.7 Å². The molecular weight excluding hydrogens is 816 g/mol. The monoisotopic (exact) mass is 862 g/mol. The summed E-state index contributed by atoms with van der Waals surface area (Å²) in [5, 5.41) is 15.9. The van der Waals surface area contributed by atoms with E-state index in [4.69, 9.17) is 21.1 Å². The van der Waals surface area contributed by atoms with Crippen LogP contribution in [0.4, 0.5) is 17.1 Å². The Hall–Kier alpha value is -5.77. The maximum atomic E-state index is 14.0. The van der Waals surface area contributed by atoms with Crippen molar-refractivity contribution in [1.82, 2.24) is 14.5 Å². The molecule has 0 bridgehead atoms. The maximum Gasteiger partial charge on any atom is 0.293 e. The Morgan fingerprint density at radius 2 is 1.64 bits per heavy atom. The molecule has 13 nitrogen and oxygen atoms in total. The van der Waals surface area contributed by atoms with Crippen LogP contribution in [-0.4, -0.2) is 94.6 Å². The van der Waals surface area contributed by atoms with Gasteiger partial charge in [-0.15, -0.1) is 0 Å². The Bertz CT molecular complexity index is 2540. The van der Waals surface area contributed by atoms with E-state index < -0.39 is 31.4 Å². The van der Waals surface area contributed by atoms with E-state index in [1.54, 1.807) is 18.2 Å². The number of halogens is 1. The summed E-state index contributed by atoms with van der Waals surface area (Å²) in [6.45, 7) is 8.07. The number of amides is 1. The smallest absolute Gasteiger partial charge is 0.293 e. The second-order valence-corrected chi connectivity index (χ2v) is 17.4. The minimum Gasteiger partial charge on any atom is -0.456 e. The van der Waals surface area contributed by atoms with Crippen molar-refractivity contribution in [2.24, 2.45) is 0 Å². The minimum absolute atomic E-state index is 0.00241. The summed E-state index contributed by atoms with van der Waals surface area (Å²) in [6, 6.07) is 30.7. The van der Waals surface area contributed by atoms with E-state index in [0.29, 0.717) is 43.6 Å². The molecular formula is C46H47ClN6O7S. The fourth-order valence-electron chi connectivity index (χ4n) is 7.99. The highest BCUT2D eigenvalue weighted by atomic mass is 35.5. The Balaban J connectivity index is 0.981. The molecule has 0 radical (unpaired) electrons. The van der Waals surface area contributed by atoms with Gasteiger partial charge < -0.3 is 19.7 Å². The average molecular weight is 863 g/mol. The highest BCUT2D eigenvalue weighted by molar-refractivity contribution is 7.90. The molecule has 2 saturated heterocycles. The molecule has 61 heavy (non-hydrogen) atoms. The Labute approximate surface area is 360 Å². The molecule has 2 fully saturated rings. The second-order valence-electron chi connectivity index (χ2n) is 15.3. The van der Waals surface area contributed by atoms with Crippen molar-refractivity contribution < 1.29 is 27.6 Å². The predicted molar refractivity (Wildman–Crippen MR) is 238 cm³/mol. The van der Waals surface area contributed by atoms with Gasteiger partial charge in [0.15, 0.2) is 0 Å². The molecule has 0 atom stereocenters. The lowest BCUT2D eigenvalue weighted by molar-refractivity contribution is -0.384. The number of carbonyl (C=O) groups excluding carboxylic acids is 1. The molecule has 5 aromatic carbocycles. The number of nitrogens with one attached hydrogen (secondary N) is 2. The van der Waals surface area contributed by atoms with Crippen LogP contribution in [-0.2, 0) is 27.7 Å². The average Bonchev–Trinajstić information content (AvgIpc) is 3.76. The van der Waals surface area contributed by atoms with Crippen molar-refractivity contribution in [1.29, 1.82) is 0 Å². The van der Waals surface area contributed by atoms with Crippen LogP contribution >= 0.6 is 11.6 Å². The number of ether oxygens (including phenoxy) is 2. The lowest BCUT2D eigenvalue weighted by Crippen LogP contribution is -2.46. The van der Waals surface area contributed by atoms with Gasteiger partial charge in [-0.2, -0.15) is 0 Å². The van der Waals surface area contributed by atoms with Gasteiger partial charge in [-0.3, -0.25) is 24.7 Å². The van der Waals surface area contributed by atoms with Crippen LogP contribution in [0.25, 0.3) is 17.2 Å². The standard InChI is InChI=1S/C46H47ClN6O7S/c47-36-14-12-34(13-15-36)39-9-2-1-6-35(39)32-51-22-24-52(25-23-51)37-16-18-41(45(30-37)60-44-11-4-8-33-7-3-10-40(33)44)46(54)49-61(57,58)38-17-19-42(43(31-38)53(55)56)48-20-5-21-50-26-28-59-29-27-50/h1-4,6,8-19,30-31,48H,5,7,20-29,32H2,(H,49,54). The molecule has 2 heterocycles. The van der Waals surface area contributed by atoms with E-state index in [0.717, 1.165) is 80.6 Å². The number of nitro benzene ring substituents is 1.